The Morgan fingerprint density at radius 3 is 2.43 bits per heavy atom. The number of carbonyl (C=O) groups is 3. The fraction of sp³-hybridized carbons (Fsp3) is 0.172. The van der Waals surface area contributed by atoms with E-state index in [-0.39, 0.29) is 17.0 Å². The molecule has 0 saturated carbocycles. The number of hydrogen-bond donors (Lipinski definition) is 2. The molecule has 0 fully saturated rings. The number of amides is 1. The molecule has 0 saturated heterocycles. The molecule has 0 aliphatic heterocycles. The summed E-state index contributed by atoms with van der Waals surface area (Å²) in [5.74, 6) is -3.23. The summed E-state index contributed by atoms with van der Waals surface area (Å²) in [6.07, 6.45) is 4.39. The van der Waals surface area contributed by atoms with Crippen LogP contribution in [0.5, 0.6) is 5.88 Å². The van der Waals surface area contributed by atoms with Gasteiger partial charge in [0.1, 0.15) is 5.52 Å². The van der Waals surface area contributed by atoms with Crippen molar-refractivity contribution in [3.05, 3.63) is 94.9 Å². The number of carbonyl (C=O) groups excluding carboxylic acids is 2. The van der Waals surface area contributed by atoms with E-state index in [0.717, 1.165) is 27.9 Å². The second-order valence-corrected chi connectivity index (χ2v) is 8.56. The summed E-state index contributed by atoms with van der Waals surface area (Å²) in [4.78, 5) is 40.6. The molecule has 2 heterocycles. The van der Waals surface area contributed by atoms with Crippen LogP contribution in [0.2, 0.25) is 0 Å². The van der Waals surface area contributed by atoms with Gasteiger partial charge in [0, 0.05) is 18.3 Å². The number of benzene rings is 2. The number of nitrogens with zero attached hydrogens (tertiary/aromatic N) is 2. The molecule has 8 heteroatoms. The summed E-state index contributed by atoms with van der Waals surface area (Å²) < 4.78 is 7.24. The number of nitrogens with two attached hydrogens (primary N) is 1. The van der Waals surface area contributed by atoms with Crippen molar-refractivity contribution in [3.8, 4) is 17.0 Å². The predicted octanol–water partition coefficient (Wildman–Crippen LogP) is 4.24. The highest BCUT2D eigenvalue weighted by Crippen LogP contribution is 2.35. The van der Waals surface area contributed by atoms with Crippen LogP contribution in [-0.2, 0) is 22.4 Å². The minimum Gasteiger partial charge on any atom is -0.479 e. The number of hydrogen-bond acceptors (Lipinski definition) is 5. The molecule has 4 aromatic rings. The first-order chi connectivity index (χ1) is 17.8. The molecule has 188 valence electrons. The van der Waals surface area contributed by atoms with E-state index in [4.69, 9.17) is 15.6 Å². The Morgan fingerprint density at radius 2 is 1.78 bits per heavy atom. The molecule has 0 aliphatic carbocycles. The Labute approximate surface area is 214 Å². The van der Waals surface area contributed by atoms with Gasteiger partial charge >= 0.3 is 5.97 Å². The van der Waals surface area contributed by atoms with E-state index in [1.807, 2.05) is 55.5 Å². The first-order valence-corrected chi connectivity index (χ1v) is 11.8. The first kappa shape index (κ1) is 25.4. The van der Waals surface area contributed by atoms with Gasteiger partial charge in [-0.25, -0.2) is 9.78 Å². The van der Waals surface area contributed by atoms with Crippen LogP contribution >= 0.6 is 0 Å². The monoisotopic (exact) mass is 497 g/mol. The molecule has 2 aromatic carbocycles. The molecule has 37 heavy (non-hydrogen) atoms. The van der Waals surface area contributed by atoms with Crippen LogP contribution in [0.25, 0.3) is 22.7 Å². The van der Waals surface area contributed by atoms with Gasteiger partial charge in [0.05, 0.1) is 11.3 Å². The van der Waals surface area contributed by atoms with Gasteiger partial charge in [0.25, 0.3) is 11.7 Å². The van der Waals surface area contributed by atoms with Crippen LogP contribution in [0, 0.1) is 6.92 Å². The van der Waals surface area contributed by atoms with Gasteiger partial charge in [0.2, 0.25) is 5.88 Å². The van der Waals surface area contributed by atoms with Crippen molar-refractivity contribution in [3.63, 3.8) is 0 Å². The molecule has 0 unspecified atom stereocenters. The molecule has 1 amide bonds. The van der Waals surface area contributed by atoms with Gasteiger partial charge in [-0.2, -0.15) is 0 Å². The second kappa shape index (κ2) is 10.5. The van der Waals surface area contributed by atoms with Crippen molar-refractivity contribution in [2.45, 2.75) is 26.7 Å². The highest BCUT2D eigenvalue weighted by Gasteiger charge is 2.29. The lowest BCUT2D eigenvalue weighted by molar-refractivity contribution is -0.139. The Bertz CT molecular complexity index is 1550. The smallest absolute Gasteiger partial charge is 0.341 e. The molecule has 3 N–H and O–H groups in total. The molecule has 0 aliphatic rings. The maximum absolute atomic E-state index is 13.1. The summed E-state index contributed by atoms with van der Waals surface area (Å²) in [6.45, 7) is 6.91. The zero-order valence-corrected chi connectivity index (χ0v) is 20.7. The van der Waals surface area contributed by atoms with E-state index in [0.29, 0.717) is 24.1 Å². The summed E-state index contributed by atoms with van der Waals surface area (Å²) in [7, 11) is 0. The zero-order valence-electron chi connectivity index (χ0n) is 20.7. The van der Waals surface area contributed by atoms with Gasteiger partial charge in [0.15, 0.2) is 6.61 Å². The number of aliphatic carboxylic acids is 1. The summed E-state index contributed by atoms with van der Waals surface area (Å²) in [6, 6.07) is 15.9. The summed E-state index contributed by atoms with van der Waals surface area (Å²) in [5, 5.41) is 9.16. The molecule has 8 nitrogen and oxygen atoms in total. The van der Waals surface area contributed by atoms with E-state index in [9.17, 15) is 14.4 Å². The van der Waals surface area contributed by atoms with Crippen molar-refractivity contribution >= 4 is 29.3 Å². The van der Waals surface area contributed by atoms with Crippen LogP contribution in [0.1, 0.15) is 45.4 Å². The maximum atomic E-state index is 13.1. The Morgan fingerprint density at radius 1 is 1.11 bits per heavy atom. The topological polar surface area (TPSA) is 124 Å². The van der Waals surface area contributed by atoms with E-state index < -0.39 is 24.3 Å². The lowest BCUT2D eigenvalue weighted by atomic mass is 9.92. The number of carboxylic acid groups (broad SMARTS) is 1. The summed E-state index contributed by atoms with van der Waals surface area (Å²) >= 11 is 0. The highest BCUT2D eigenvalue weighted by molar-refractivity contribution is 6.44. The number of carboxylic acids is 1. The molecular formula is C29H27N3O5. The molecule has 0 atom stereocenters. The average Bonchev–Trinajstić information content (AvgIpc) is 3.19. The molecule has 2 aromatic heterocycles. The molecule has 4 rings (SSSR count). The zero-order chi connectivity index (χ0) is 26.7. The van der Waals surface area contributed by atoms with E-state index in [2.05, 4.69) is 11.6 Å². The van der Waals surface area contributed by atoms with E-state index in [1.165, 1.54) is 0 Å². The maximum Gasteiger partial charge on any atom is 0.341 e. The molecule has 0 bridgehead atoms. The van der Waals surface area contributed by atoms with Crippen LogP contribution in [-0.4, -0.2) is 38.8 Å². The lowest BCUT2D eigenvalue weighted by Crippen LogP contribution is -2.24. The lowest BCUT2D eigenvalue weighted by Gasteiger charge is -2.14. The number of fused-ring (bicyclic) bond motifs is 1. The standard InChI is InChI=1S/C29H27N3O5/c1-4-18-10-6-8-12-21(18)22-13-9-7-11-19(22)14-23-20(5-2)25(27(35)28(30)36)26-29(37-16-24(33)34)31-17(3)15-32(23)26/h4,6-13,15H,1,5,14,16H2,2-3H3,(H2,30,36)(H,33,34). The van der Waals surface area contributed by atoms with Gasteiger partial charge in [-0.3, -0.25) is 9.59 Å². The third-order valence-corrected chi connectivity index (χ3v) is 6.20. The third-order valence-electron chi connectivity index (χ3n) is 6.20. The fourth-order valence-corrected chi connectivity index (χ4v) is 4.68. The van der Waals surface area contributed by atoms with Crippen molar-refractivity contribution in [1.29, 1.82) is 0 Å². The number of ether oxygens (including phenoxy) is 1. The number of aromatic nitrogens is 2. The average molecular weight is 498 g/mol. The Hall–Kier alpha value is -4.72. The van der Waals surface area contributed by atoms with Crippen molar-refractivity contribution in [2.24, 2.45) is 5.73 Å². The van der Waals surface area contributed by atoms with E-state index >= 15 is 0 Å². The number of aryl methyl sites for hydroxylation is 1. The largest absolute Gasteiger partial charge is 0.479 e. The van der Waals surface area contributed by atoms with Crippen LogP contribution < -0.4 is 10.5 Å². The van der Waals surface area contributed by atoms with Crippen molar-refractivity contribution in [1.82, 2.24) is 9.38 Å². The second-order valence-electron chi connectivity index (χ2n) is 8.56. The highest BCUT2D eigenvalue weighted by atomic mass is 16.5. The van der Waals surface area contributed by atoms with Crippen molar-refractivity contribution < 1.29 is 24.2 Å². The summed E-state index contributed by atoms with van der Waals surface area (Å²) in [5.41, 5.74) is 11.7. The van der Waals surface area contributed by atoms with Gasteiger partial charge in [-0.1, -0.05) is 68.1 Å². The van der Waals surface area contributed by atoms with Gasteiger partial charge in [-0.05, 0) is 41.2 Å². The minimum atomic E-state index is -1.19. The number of Topliss-reactive ketones (excluding diaryl/α,β-unsaturated/α-hetero) is 1. The Kier molecular flexibility index (Phi) is 7.20. The van der Waals surface area contributed by atoms with Gasteiger partial charge in [-0.15, -0.1) is 0 Å². The third kappa shape index (κ3) is 4.86. The molecular weight excluding hydrogens is 470 g/mol. The molecule has 0 spiro atoms. The Balaban J connectivity index is 2.00. The normalized spacial score (nSPS) is 10.9. The van der Waals surface area contributed by atoms with Crippen LogP contribution in [0.15, 0.2) is 61.3 Å². The predicted molar refractivity (Wildman–Crippen MR) is 141 cm³/mol. The number of ketones is 1. The van der Waals surface area contributed by atoms with Crippen LogP contribution in [0.4, 0.5) is 0 Å². The number of primary amides is 1. The fourth-order valence-electron chi connectivity index (χ4n) is 4.68. The van der Waals surface area contributed by atoms with Crippen LogP contribution in [0.3, 0.4) is 0 Å². The number of rotatable bonds is 10. The SMILES string of the molecule is C=Cc1ccccc1-c1ccccc1Cc1c(CC)c(C(=O)C(N)=O)c2c(OCC(=O)O)nc(C)cn12. The van der Waals surface area contributed by atoms with Crippen molar-refractivity contribution in [2.75, 3.05) is 6.61 Å². The quantitative estimate of drug-likeness (QED) is 0.250. The first-order valence-electron chi connectivity index (χ1n) is 11.8. The molecule has 0 radical (unpaired) electrons. The minimum absolute atomic E-state index is 0.0433. The van der Waals surface area contributed by atoms with Gasteiger partial charge < -0.3 is 20.0 Å². The van der Waals surface area contributed by atoms with E-state index in [1.54, 1.807) is 23.6 Å².